The molecule has 7 heteroatoms. The molecule has 4 N–H and O–H groups in total. The highest BCUT2D eigenvalue weighted by molar-refractivity contribution is 6.15. The van der Waals surface area contributed by atoms with E-state index in [1.807, 2.05) is 24.3 Å². The summed E-state index contributed by atoms with van der Waals surface area (Å²) in [6.07, 6.45) is 4.92. The molecule has 154 valence electrons. The van der Waals surface area contributed by atoms with Crippen LogP contribution in [-0.4, -0.2) is 30.8 Å². The molecular formula is C23H22N2O5. The molecule has 0 bridgehead atoms. The van der Waals surface area contributed by atoms with Crippen molar-refractivity contribution in [2.75, 3.05) is 13.2 Å². The molecule has 0 atom stereocenters. The summed E-state index contributed by atoms with van der Waals surface area (Å²) in [5, 5.41) is 0. The number of hydrogen-bond donors (Lipinski definition) is 2. The van der Waals surface area contributed by atoms with E-state index in [4.69, 9.17) is 20.9 Å². The molecule has 0 heterocycles. The first-order valence-corrected chi connectivity index (χ1v) is 9.39. The molecule has 1 aliphatic rings. The van der Waals surface area contributed by atoms with Gasteiger partial charge < -0.3 is 20.9 Å². The number of rotatable bonds is 8. The van der Waals surface area contributed by atoms with Gasteiger partial charge in [-0.05, 0) is 60.4 Å². The number of primary amides is 2. The van der Waals surface area contributed by atoms with Crippen LogP contribution in [0.2, 0.25) is 0 Å². The van der Waals surface area contributed by atoms with Gasteiger partial charge in [0.1, 0.15) is 11.5 Å². The van der Waals surface area contributed by atoms with Gasteiger partial charge in [-0.3, -0.25) is 14.4 Å². The first-order valence-electron chi connectivity index (χ1n) is 9.39. The van der Waals surface area contributed by atoms with Crippen LogP contribution in [0.4, 0.5) is 0 Å². The van der Waals surface area contributed by atoms with Crippen molar-refractivity contribution < 1.29 is 23.9 Å². The molecule has 30 heavy (non-hydrogen) atoms. The molecule has 0 saturated heterocycles. The van der Waals surface area contributed by atoms with Crippen LogP contribution < -0.4 is 20.9 Å². The van der Waals surface area contributed by atoms with Gasteiger partial charge in [-0.2, -0.15) is 0 Å². The largest absolute Gasteiger partial charge is 0.484 e. The summed E-state index contributed by atoms with van der Waals surface area (Å²) in [6.45, 7) is -0.401. The second-order valence-electron chi connectivity index (χ2n) is 6.82. The highest BCUT2D eigenvalue weighted by atomic mass is 16.5. The van der Waals surface area contributed by atoms with Gasteiger partial charge in [0, 0.05) is 11.1 Å². The Kier molecular flexibility index (Phi) is 6.64. The molecule has 1 aliphatic carbocycles. The summed E-state index contributed by atoms with van der Waals surface area (Å²) in [7, 11) is 0. The van der Waals surface area contributed by atoms with Crippen molar-refractivity contribution in [2.24, 2.45) is 11.5 Å². The lowest BCUT2D eigenvalue weighted by molar-refractivity contribution is -0.120. The van der Waals surface area contributed by atoms with Crippen LogP contribution in [0.1, 0.15) is 24.0 Å². The molecule has 0 aromatic heterocycles. The summed E-state index contributed by atoms with van der Waals surface area (Å²) >= 11 is 0. The maximum atomic E-state index is 12.8. The van der Waals surface area contributed by atoms with Crippen LogP contribution in [0.3, 0.4) is 0 Å². The number of allylic oxidation sites excluding steroid dienone is 2. The lowest BCUT2D eigenvalue weighted by Gasteiger charge is -2.05. The lowest BCUT2D eigenvalue weighted by atomic mass is 10.1. The van der Waals surface area contributed by atoms with Crippen LogP contribution >= 0.6 is 0 Å². The van der Waals surface area contributed by atoms with Gasteiger partial charge in [0.15, 0.2) is 19.0 Å². The van der Waals surface area contributed by atoms with E-state index in [2.05, 4.69) is 0 Å². The summed E-state index contributed by atoms with van der Waals surface area (Å²) in [5.74, 6) is -0.0941. The van der Waals surface area contributed by atoms with Crippen LogP contribution in [0.5, 0.6) is 11.5 Å². The molecule has 2 aromatic carbocycles. The smallest absolute Gasteiger partial charge is 0.255 e. The molecule has 2 aromatic rings. The Morgan fingerprint density at radius 3 is 1.63 bits per heavy atom. The summed E-state index contributed by atoms with van der Waals surface area (Å²) in [6, 6.07) is 14.2. The Labute approximate surface area is 174 Å². The molecule has 2 amide bonds. The van der Waals surface area contributed by atoms with Gasteiger partial charge in [0.25, 0.3) is 11.8 Å². The Morgan fingerprint density at radius 1 is 0.800 bits per heavy atom. The first-order chi connectivity index (χ1) is 14.4. The second-order valence-corrected chi connectivity index (χ2v) is 6.82. The lowest BCUT2D eigenvalue weighted by Crippen LogP contribution is -2.19. The average molecular weight is 406 g/mol. The summed E-state index contributed by atoms with van der Waals surface area (Å²) < 4.78 is 10.6. The van der Waals surface area contributed by atoms with Crippen LogP contribution in [0, 0.1) is 0 Å². The second kappa shape index (κ2) is 9.56. The van der Waals surface area contributed by atoms with E-state index in [-0.39, 0.29) is 19.0 Å². The SMILES string of the molecule is NC(=O)COc1cccc(C=C2CC/C(=C/c3cccc(OCC(N)=O)c3)C2=O)c1. The molecule has 0 aliphatic heterocycles. The zero-order valence-corrected chi connectivity index (χ0v) is 16.3. The van der Waals surface area contributed by atoms with E-state index in [9.17, 15) is 14.4 Å². The number of Topliss-reactive ketones (excluding diaryl/α,β-unsaturated/α-hetero) is 1. The highest BCUT2D eigenvalue weighted by Crippen LogP contribution is 2.30. The summed E-state index contributed by atoms with van der Waals surface area (Å²) in [4.78, 5) is 34.5. The van der Waals surface area contributed by atoms with Gasteiger partial charge in [0.2, 0.25) is 0 Å². The zero-order chi connectivity index (χ0) is 21.5. The molecule has 7 nitrogen and oxygen atoms in total. The minimum Gasteiger partial charge on any atom is -0.484 e. The van der Waals surface area contributed by atoms with Gasteiger partial charge in [-0.25, -0.2) is 0 Å². The predicted molar refractivity (Wildman–Crippen MR) is 112 cm³/mol. The first kappa shape index (κ1) is 20.9. The molecule has 0 radical (unpaired) electrons. The molecule has 0 spiro atoms. The zero-order valence-electron chi connectivity index (χ0n) is 16.3. The van der Waals surface area contributed by atoms with Gasteiger partial charge >= 0.3 is 0 Å². The fourth-order valence-corrected chi connectivity index (χ4v) is 3.08. The average Bonchev–Trinajstić information content (AvgIpc) is 3.05. The van der Waals surface area contributed by atoms with Crippen molar-refractivity contribution in [2.45, 2.75) is 12.8 Å². The maximum Gasteiger partial charge on any atom is 0.255 e. The third kappa shape index (κ3) is 5.81. The fourth-order valence-electron chi connectivity index (χ4n) is 3.08. The fraction of sp³-hybridized carbons (Fsp3) is 0.174. The monoisotopic (exact) mass is 406 g/mol. The van der Waals surface area contributed by atoms with E-state index in [0.717, 1.165) is 11.1 Å². The third-order valence-electron chi connectivity index (χ3n) is 4.41. The normalized spacial score (nSPS) is 16.1. The topological polar surface area (TPSA) is 122 Å². The van der Waals surface area contributed by atoms with Crippen molar-refractivity contribution in [3.8, 4) is 11.5 Å². The van der Waals surface area contributed by atoms with E-state index in [1.54, 1.807) is 36.4 Å². The van der Waals surface area contributed by atoms with E-state index < -0.39 is 11.8 Å². The van der Waals surface area contributed by atoms with Crippen LogP contribution in [0.15, 0.2) is 59.7 Å². The standard InChI is InChI=1S/C23H22N2O5/c24-21(26)13-29-19-5-1-3-15(11-19)9-17-7-8-18(23(17)28)10-16-4-2-6-20(12-16)30-14-22(25)27/h1-6,9-12H,7-8,13-14H2,(H2,24,26)(H2,25,27)/b17-9-,18-10?. The highest BCUT2D eigenvalue weighted by Gasteiger charge is 2.23. The van der Waals surface area contributed by atoms with E-state index in [0.29, 0.717) is 35.5 Å². The maximum absolute atomic E-state index is 12.8. The number of carbonyl (C=O) groups is 3. The third-order valence-corrected chi connectivity index (χ3v) is 4.41. The van der Waals surface area contributed by atoms with Gasteiger partial charge in [0.05, 0.1) is 0 Å². The van der Waals surface area contributed by atoms with Crippen LogP contribution in [0.25, 0.3) is 12.2 Å². The Balaban J connectivity index is 1.73. The van der Waals surface area contributed by atoms with Crippen molar-refractivity contribution >= 4 is 29.7 Å². The van der Waals surface area contributed by atoms with Crippen molar-refractivity contribution in [1.82, 2.24) is 0 Å². The van der Waals surface area contributed by atoms with E-state index >= 15 is 0 Å². The van der Waals surface area contributed by atoms with Crippen molar-refractivity contribution in [3.05, 3.63) is 70.8 Å². The van der Waals surface area contributed by atoms with Crippen LogP contribution in [-0.2, 0) is 14.4 Å². The molecule has 0 unspecified atom stereocenters. The Morgan fingerprint density at radius 2 is 1.23 bits per heavy atom. The van der Waals surface area contributed by atoms with Crippen molar-refractivity contribution in [1.29, 1.82) is 0 Å². The van der Waals surface area contributed by atoms with E-state index in [1.165, 1.54) is 0 Å². The molecule has 1 saturated carbocycles. The van der Waals surface area contributed by atoms with Crippen molar-refractivity contribution in [3.63, 3.8) is 0 Å². The molecule has 3 rings (SSSR count). The Bertz CT molecular complexity index is 958. The molecular weight excluding hydrogens is 384 g/mol. The number of ether oxygens (including phenoxy) is 2. The quantitative estimate of drug-likeness (QED) is 0.651. The minimum absolute atomic E-state index is 0.0121. The number of hydrogen-bond acceptors (Lipinski definition) is 5. The number of carbonyl (C=O) groups excluding carboxylic acids is 3. The number of ketones is 1. The Hall–Kier alpha value is -3.87. The number of nitrogens with two attached hydrogens (primary N) is 2. The minimum atomic E-state index is -0.552. The van der Waals surface area contributed by atoms with Gasteiger partial charge in [-0.1, -0.05) is 24.3 Å². The predicted octanol–water partition coefficient (Wildman–Crippen LogP) is 2.24. The number of benzene rings is 2. The molecule has 1 fully saturated rings. The number of amides is 2. The summed E-state index contributed by atoms with van der Waals surface area (Å²) in [5.41, 5.74) is 13.2. The van der Waals surface area contributed by atoms with Gasteiger partial charge in [-0.15, -0.1) is 0 Å².